The molecule has 25 heavy (non-hydrogen) atoms. The minimum absolute atomic E-state index is 0.0802. The first-order valence-corrected chi connectivity index (χ1v) is 6.78. The molecular formula is C13H12F2N6O4. The fourth-order valence-electron chi connectivity index (χ4n) is 2.10. The highest BCUT2D eigenvalue weighted by Gasteiger charge is 2.19. The van der Waals surface area contributed by atoms with Gasteiger partial charge in [-0.1, -0.05) is 0 Å². The van der Waals surface area contributed by atoms with Crippen LogP contribution in [0.25, 0.3) is 0 Å². The third-order valence-electron chi connectivity index (χ3n) is 3.33. The predicted octanol–water partition coefficient (Wildman–Crippen LogP) is 3.16. The zero-order chi connectivity index (χ0) is 18.7. The van der Waals surface area contributed by atoms with Crippen LogP contribution in [0, 0.1) is 34.1 Å². The molecule has 0 bridgehead atoms. The summed E-state index contributed by atoms with van der Waals surface area (Å²) in [5.74, 6) is 0. The van der Waals surface area contributed by atoms with Crippen molar-refractivity contribution in [2.75, 3.05) is 5.43 Å². The van der Waals surface area contributed by atoms with E-state index in [1.807, 2.05) is 0 Å². The molecule has 1 heterocycles. The molecule has 1 aromatic heterocycles. The number of alkyl halides is 2. The Hall–Kier alpha value is -3.44. The van der Waals surface area contributed by atoms with Crippen LogP contribution in [0.3, 0.4) is 0 Å². The molecule has 0 spiro atoms. The molecule has 0 unspecified atom stereocenters. The van der Waals surface area contributed by atoms with E-state index in [9.17, 15) is 29.0 Å². The van der Waals surface area contributed by atoms with Gasteiger partial charge in [0.15, 0.2) is 0 Å². The van der Waals surface area contributed by atoms with Crippen molar-refractivity contribution in [3.63, 3.8) is 0 Å². The lowest BCUT2D eigenvalue weighted by Gasteiger charge is -2.02. The lowest BCUT2D eigenvalue weighted by molar-refractivity contribution is -0.393. The van der Waals surface area contributed by atoms with E-state index in [1.165, 1.54) is 20.1 Å². The Morgan fingerprint density at radius 1 is 1.28 bits per heavy atom. The number of hydrogen-bond acceptors (Lipinski definition) is 7. The Labute approximate surface area is 139 Å². The van der Waals surface area contributed by atoms with Crippen LogP contribution in [0.2, 0.25) is 0 Å². The summed E-state index contributed by atoms with van der Waals surface area (Å²) < 4.78 is 26.1. The third-order valence-corrected chi connectivity index (χ3v) is 3.33. The zero-order valence-corrected chi connectivity index (χ0v) is 13.0. The van der Waals surface area contributed by atoms with Crippen molar-refractivity contribution < 1.29 is 18.6 Å². The number of aromatic nitrogens is 2. The van der Waals surface area contributed by atoms with E-state index in [-0.39, 0.29) is 11.4 Å². The van der Waals surface area contributed by atoms with Gasteiger partial charge in [0.2, 0.25) is 0 Å². The average Bonchev–Trinajstić information content (AvgIpc) is 2.82. The lowest BCUT2D eigenvalue weighted by Crippen LogP contribution is -2.03. The van der Waals surface area contributed by atoms with E-state index in [0.717, 1.165) is 18.2 Å². The third kappa shape index (κ3) is 3.73. The van der Waals surface area contributed by atoms with Crippen molar-refractivity contribution in [1.29, 1.82) is 0 Å². The maximum atomic E-state index is 12.8. The molecule has 0 amide bonds. The van der Waals surface area contributed by atoms with Gasteiger partial charge in [-0.15, -0.1) is 0 Å². The number of nitro benzene ring substituents is 2. The van der Waals surface area contributed by atoms with E-state index >= 15 is 0 Å². The van der Waals surface area contributed by atoms with Gasteiger partial charge in [-0.2, -0.15) is 19.0 Å². The fourth-order valence-corrected chi connectivity index (χ4v) is 2.10. The van der Waals surface area contributed by atoms with Crippen LogP contribution in [0.1, 0.15) is 23.5 Å². The number of anilines is 1. The summed E-state index contributed by atoms with van der Waals surface area (Å²) in [6.07, 6.45) is 1.20. The Morgan fingerprint density at radius 3 is 2.48 bits per heavy atom. The summed E-state index contributed by atoms with van der Waals surface area (Å²) in [5.41, 5.74) is 2.14. The Morgan fingerprint density at radius 2 is 1.96 bits per heavy atom. The predicted molar refractivity (Wildman–Crippen MR) is 83.9 cm³/mol. The molecule has 0 aliphatic rings. The number of hydrogen-bond donors (Lipinski definition) is 1. The van der Waals surface area contributed by atoms with E-state index in [1.54, 1.807) is 0 Å². The monoisotopic (exact) mass is 354 g/mol. The van der Waals surface area contributed by atoms with Crippen molar-refractivity contribution in [3.05, 3.63) is 55.4 Å². The van der Waals surface area contributed by atoms with Crippen molar-refractivity contribution >= 4 is 23.3 Å². The van der Waals surface area contributed by atoms with Gasteiger partial charge >= 0.3 is 12.2 Å². The maximum absolute atomic E-state index is 12.8. The van der Waals surface area contributed by atoms with E-state index in [2.05, 4.69) is 15.6 Å². The molecule has 0 fully saturated rings. The number of benzene rings is 1. The second-order valence-corrected chi connectivity index (χ2v) is 4.89. The highest BCUT2D eigenvalue weighted by Crippen LogP contribution is 2.29. The van der Waals surface area contributed by atoms with Crippen LogP contribution < -0.4 is 5.43 Å². The lowest BCUT2D eigenvalue weighted by atomic mass is 10.2. The van der Waals surface area contributed by atoms with Crippen molar-refractivity contribution in [2.24, 2.45) is 5.10 Å². The summed E-state index contributed by atoms with van der Waals surface area (Å²) in [4.78, 5) is 20.1. The number of nitro groups is 2. The summed E-state index contributed by atoms with van der Waals surface area (Å²) >= 11 is 0. The molecular weight excluding hydrogens is 342 g/mol. The molecule has 132 valence electrons. The molecule has 2 aromatic rings. The smallest absolute Gasteiger partial charge is 0.272 e. The van der Waals surface area contributed by atoms with Crippen LogP contribution in [0.4, 0.5) is 25.8 Å². The molecule has 0 saturated carbocycles. The largest absolute Gasteiger partial charge is 0.333 e. The Balaban J connectivity index is 2.28. The first kappa shape index (κ1) is 17.9. The van der Waals surface area contributed by atoms with Gasteiger partial charge in [0.05, 0.1) is 33.5 Å². The highest BCUT2D eigenvalue weighted by molar-refractivity contribution is 5.83. The van der Waals surface area contributed by atoms with E-state index in [4.69, 9.17) is 0 Å². The number of nitrogens with one attached hydrogen (secondary N) is 1. The molecule has 0 atom stereocenters. The Bertz CT molecular complexity index is 864. The summed E-state index contributed by atoms with van der Waals surface area (Å²) in [5, 5.41) is 29.1. The highest BCUT2D eigenvalue weighted by atomic mass is 19.3. The van der Waals surface area contributed by atoms with Gasteiger partial charge in [0.25, 0.3) is 5.69 Å². The van der Waals surface area contributed by atoms with E-state index < -0.39 is 27.8 Å². The number of halogens is 2. The van der Waals surface area contributed by atoms with Gasteiger partial charge in [-0.05, 0) is 19.9 Å². The van der Waals surface area contributed by atoms with Gasteiger partial charge in [0.1, 0.15) is 5.69 Å². The normalized spacial score (nSPS) is 11.2. The van der Waals surface area contributed by atoms with Crippen LogP contribution in [-0.4, -0.2) is 25.8 Å². The second kappa shape index (κ2) is 6.98. The molecule has 0 radical (unpaired) electrons. The molecule has 10 nitrogen and oxygen atoms in total. The number of rotatable bonds is 6. The van der Waals surface area contributed by atoms with Crippen LogP contribution in [0.5, 0.6) is 0 Å². The molecule has 0 aliphatic carbocycles. The SMILES string of the molecule is Cc1nn(C(F)F)c(C)c1/C=N/Nc1ccc([N+](=O)[O-])cc1[N+](=O)[O-]. The topological polar surface area (TPSA) is 128 Å². The summed E-state index contributed by atoms with van der Waals surface area (Å²) in [6, 6.07) is 3.01. The summed E-state index contributed by atoms with van der Waals surface area (Å²) in [6.45, 7) is 0.146. The van der Waals surface area contributed by atoms with Gasteiger partial charge in [-0.25, -0.2) is 4.68 Å². The zero-order valence-electron chi connectivity index (χ0n) is 13.0. The summed E-state index contributed by atoms with van der Waals surface area (Å²) in [7, 11) is 0. The van der Waals surface area contributed by atoms with Crippen LogP contribution in [0.15, 0.2) is 23.3 Å². The number of hydrazone groups is 1. The van der Waals surface area contributed by atoms with Crippen LogP contribution >= 0.6 is 0 Å². The quantitative estimate of drug-likeness (QED) is 0.482. The fraction of sp³-hybridized carbons (Fsp3) is 0.231. The van der Waals surface area contributed by atoms with Crippen LogP contribution in [-0.2, 0) is 0 Å². The van der Waals surface area contributed by atoms with Crippen molar-refractivity contribution in [1.82, 2.24) is 9.78 Å². The van der Waals surface area contributed by atoms with E-state index in [0.29, 0.717) is 15.9 Å². The molecule has 1 N–H and O–H groups in total. The van der Waals surface area contributed by atoms with Crippen molar-refractivity contribution in [2.45, 2.75) is 20.4 Å². The minimum atomic E-state index is -2.80. The Kier molecular flexibility index (Phi) is 5.00. The second-order valence-electron chi connectivity index (χ2n) is 4.89. The minimum Gasteiger partial charge on any atom is -0.272 e. The molecule has 1 aromatic carbocycles. The first-order chi connectivity index (χ1) is 11.7. The average molecular weight is 354 g/mol. The molecule has 0 aliphatic heterocycles. The van der Waals surface area contributed by atoms with Crippen molar-refractivity contribution in [3.8, 4) is 0 Å². The first-order valence-electron chi connectivity index (χ1n) is 6.78. The van der Waals surface area contributed by atoms with Gasteiger partial charge in [0, 0.05) is 11.6 Å². The van der Waals surface area contributed by atoms with Gasteiger partial charge < -0.3 is 0 Å². The number of aryl methyl sites for hydroxylation is 1. The number of nitrogens with zero attached hydrogens (tertiary/aromatic N) is 5. The molecule has 12 heteroatoms. The standard InChI is InChI=1S/C13H12F2N6O4/c1-7-10(8(2)19(18-7)13(14)15)6-16-17-11-4-3-9(20(22)23)5-12(11)21(24)25/h3-6,13,17H,1-2H3/b16-6+. The maximum Gasteiger partial charge on any atom is 0.333 e. The molecule has 0 saturated heterocycles. The van der Waals surface area contributed by atoms with Gasteiger partial charge in [-0.3, -0.25) is 25.7 Å². The number of non-ortho nitro benzene ring substituents is 1. The molecule has 2 rings (SSSR count).